The van der Waals surface area contributed by atoms with Crippen LogP contribution in [0.15, 0.2) is 48.5 Å². The highest BCUT2D eigenvalue weighted by Gasteiger charge is 2.08. The molecule has 2 aromatic rings. The van der Waals surface area contributed by atoms with Gasteiger partial charge in [-0.05, 0) is 37.3 Å². The molecular formula is C16H13FO2. The molecule has 3 heteroatoms. The van der Waals surface area contributed by atoms with Gasteiger partial charge in [0.25, 0.3) is 0 Å². The Morgan fingerprint density at radius 2 is 1.95 bits per heavy atom. The van der Waals surface area contributed by atoms with Gasteiger partial charge in [-0.2, -0.15) is 0 Å². The van der Waals surface area contributed by atoms with Crippen molar-refractivity contribution in [2.45, 2.75) is 6.92 Å². The fourth-order valence-electron chi connectivity index (χ4n) is 1.71. The molecule has 0 saturated carbocycles. The number of benzene rings is 2. The number of aromatic hydroxyl groups is 1. The van der Waals surface area contributed by atoms with Crippen molar-refractivity contribution in [3.63, 3.8) is 0 Å². The Hall–Kier alpha value is -2.42. The largest absolute Gasteiger partial charge is 0.507 e. The second-order valence-electron chi connectivity index (χ2n) is 4.24. The first-order valence-corrected chi connectivity index (χ1v) is 5.84. The summed E-state index contributed by atoms with van der Waals surface area (Å²) in [6, 6.07) is 11.0. The van der Waals surface area contributed by atoms with Crippen LogP contribution in [0.2, 0.25) is 0 Å². The Labute approximate surface area is 110 Å². The monoisotopic (exact) mass is 256 g/mol. The topological polar surface area (TPSA) is 37.3 Å². The van der Waals surface area contributed by atoms with Crippen LogP contribution in [-0.4, -0.2) is 10.9 Å². The Bertz CT molecular complexity index is 645. The Balaban J connectivity index is 2.26. The average Bonchev–Trinajstić information content (AvgIpc) is 2.40. The van der Waals surface area contributed by atoms with Crippen LogP contribution in [0, 0.1) is 12.7 Å². The van der Waals surface area contributed by atoms with E-state index in [9.17, 15) is 14.3 Å². The van der Waals surface area contributed by atoms with Crippen LogP contribution in [0.25, 0.3) is 6.08 Å². The smallest absolute Gasteiger partial charge is 0.189 e. The van der Waals surface area contributed by atoms with Crippen LogP contribution in [0.5, 0.6) is 5.75 Å². The van der Waals surface area contributed by atoms with E-state index in [1.54, 1.807) is 30.3 Å². The molecule has 2 rings (SSSR count). The zero-order valence-corrected chi connectivity index (χ0v) is 10.4. The van der Waals surface area contributed by atoms with Crippen molar-refractivity contribution in [3.8, 4) is 5.75 Å². The van der Waals surface area contributed by atoms with Gasteiger partial charge in [0.05, 0.1) is 5.56 Å². The number of hydrogen-bond donors (Lipinski definition) is 1. The summed E-state index contributed by atoms with van der Waals surface area (Å²) in [6.07, 6.45) is 2.66. The molecule has 0 atom stereocenters. The molecule has 96 valence electrons. The molecule has 2 aromatic carbocycles. The molecule has 0 bridgehead atoms. The van der Waals surface area contributed by atoms with Crippen molar-refractivity contribution in [2.75, 3.05) is 0 Å². The maximum atomic E-state index is 13.4. The van der Waals surface area contributed by atoms with E-state index in [0.717, 1.165) is 5.56 Å². The number of carbonyl (C=O) groups is 1. The molecule has 19 heavy (non-hydrogen) atoms. The van der Waals surface area contributed by atoms with Crippen molar-refractivity contribution in [2.24, 2.45) is 0 Å². The first-order valence-electron chi connectivity index (χ1n) is 5.84. The van der Waals surface area contributed by atoms with E-state index in [0.29, 0.717) is 5.56 Å². The van der Waals surface area contributed by atoms with Gasteiger partial charge < -0.3 is 5.11 Å². The molecule has 0 aliphatic carbocycles. The third kappa shape index (κ3) is 3.07. The van der Waals surface area contributed by atoms with Crippen LogP contribution in [0.1, 0.15) is 21.5 Å². The summed E-state index contributed by atoms with van der Waals surface area (Å²) in [5.74, 6) is -0.821. The molecular weight excluding hydrogens is 243 g/mol. The zero-order chi connectivity index (χ0) is 13.8. The summed E-state index contributed by atoms with van der Waals surface area (Å²) >= 11 is 0. The molecule has 0 fully saturated rings. The summed E-state index contributed by atoms with van der Waals surface area (Å²) < 4.78 is 13.4. The standard InChI is InChI=1S/C16H13FO2/c1-11-6-8-15(18)13(10-11)16(19)9-7-12-4-2-3-5-14(12)17/h2-10,18H,1H3. The normalized spacial score (nSPS) is 10.8. The number of aryl methyl sites for hydroxylation is 1. The van der Waals surface area contributed by atoms with Crippen molar-refractivity contribution >= 4 is 11.9 Å². The lowest BCUT2D eigenvalue weighted by molar-refractivity contribution is 0.104. The molecule has 0 saturated heterocycles. The van der Waals surface area contributed by atoms with Gasteiger partial charge in [0, 0.05) is 5.56 Å². The minimum absolute atomic E-state index is 0.0752. The summed E-state index contributed by atoms with van der Waals surface area (Å²) in [7, 11) is 0. The predicted molar refractivity (Wildman–Crippen MR) is 72.6 cm³/mol. The number of carbonyl (C=O) groups excluding carboxylic acids is 1. The summed E-state index contributed by atoms with van der Waals surface area (Å²) in [6.45, 7) is 1.83. The highest BCUT2D eigenvalue weighted by Crippen LogP contribution is 2.19. The quantitative estimate of drug-likeness (QED) is 0.671. The molecule has 0 spiro atoms. The molecule has 0 heterocycles. The third-order valence-corrected chi connectivity index (χ3v) is 2.74. The second-order valence-corrected chi connectivity index (χ2v) is 4.24. The van der Waals surface area contributed by atoms with Gasteiger partial charge in [0.15, 0.2) is 5.78 Å². The van der Waals surface area contributed by atoms with Crippen molar-refractivity contribution in [3.05, 3.63) is 71.0 Å². The van der Waals surface area contributed by atoms with Gasteiger partial charge in [-0.15, -0.1) is 0 Å². The molecule has 0 unspecified atom stereocenters. The van der Waals surface area contributed by atoms with Crippen molar-refractivity contribution in [1.82, 2.24) is 0 Å². The molecule has 0 aliphatic heterocycles. The van der Waals surface area contributed by atoms with E-state index in [-0.39, 0.29) is 22.9 Å². The zero-order valence-electron chi connectivity index (χ0n) is 10.4. The lowest BCUT2D eigenvalue weighted by Gasteiger charge is -2.02. The number of ketones is 1. The van der Waals surface area contributed by atoms with Gasteiger partial charge in [0.1, 0.15) is 11.6 Å². The number of phenolic OH excluding ortho intramolecular Hbond substituents is 1. The second kappa shape index (κ2) is 5.48. The fraction of sp³-hybridized carbons (Fsp3) is 0.0625. The van der Waals surface area contributed by atoms with Crippen molar-refractivity contribution < 1.29 is 14.3 Å². The average molecular weight is 256 g/mol. The minimum atomic E-state index is -0.389. The van der Waals surface area contributed by atoms with Gasteiger partial charge in [-0.25, -0.2) is 4.39 Å². The Morgan fingerprint density at radius 1 is 1.21 bits per heavy atom. The van der Waals surface area contributed by atoms with E-state index >= 15 is 0 Å². The first kappa shape index (κ1) is 13.0. The number of phenols is 1. The number of allylic oxidation sites excluding steroid dienone is 1. The number of rotatable bonds is 3. The van der Waals surface area contributed by atoms with Gasteiger partial charge >= 0.3 is 0 Å². The van der Waals surface area contributed by atoms with E-state index in [2.05, 4.69) is 0 Å². The first-order chi connectivity index (χ1) is 9.08. The molecule has 0 aromatic heterocycles. The molecule has 0 amide bonds. The molecule has 1 N–H and O–H groups in total. The molecule has 2 nitrogen and oxygen atoms in total. The fourth-order valence-corrected chi connectivity index (χ4v) is 1.71. The highest BCUT2D eigenvalue weighted by atomic mass is 19.1. The SMILES string of the molecule is Cc1ccc(O)c(C(=O)C=Cc2ccccc2F)c1. The van der Waals surface area contributed by atoms with Crippen LogP contribution in [0.4, 0.5) is 4.39 Å². The summed E-state index contributed by atoms with van der Waals surface area (Å²) in [4.78, 5) is 11.9. The number of hydrogen-bond acceptors (Lipinski definition) is 2. The summed E-state index contributed by atoms with van der Waals surface area (Å²) in [5.41, 5.74) is 1.43. The lowest BCUT2D eigenvalue weighted by atomic mass is 10.1. The number of halogens is 1. The Morgan fingerprint density at radius 3 is 2.68 bits per heavy atom. The van der Waals surface area contributed by atoms with Crippen LogP contribution < -0.4 is 0 Å². The van der Waals surface area contributed by atoms with Crippen LogP contribution in [0.3, 0.4) is 0 Å². The van der Waals surface area contributed by atoms with E-state index in [1.807, 2.05) is 6.92 Å². The third-order valence-electron chi connectivity index (χ3n) is 2.74. The van der Waals surface area contributed by atoms with Crippen molar-refractivity contribution in [1.29, 1.82) is 0 Å². The van der Waals surface area contributed by atoms with E-state index in [1.165, 1.54) is 24.3 Å². The highest BCUT2D eigenvalue weighted by molar-refractivity contribution is 6.08. The minimum Gasteiger partial charge on any atom is -0.507 e. The maximum Gasteiger partial charge on any atom is 0.189 e. The summed E-state index contributed by atoms with van der Waals surface area (Å²) in [5, 5.41) is 9.63. The predicted octanol–water partition coefficient (Wildman–Crippen LogP) is 3.74. The van der Waals surface area contributed by atoms with Gasteiger partial charge in [-0.3, -0.25) is 4.79 Å². The van der Waals surface area contributed by atoms with E-state index in [4.69, 9.17) is 0 Å². The molecule has 0 radical (unpaired) electrons. The lowest BCUT2D eigenvalue weighted by Crippen LogP contribution is -1.95. The van der Waals surface area contributed by atoms with E-state index < -0.39 is 0 Å². The maximum absolute atomic E-state index is 13.4. The van der Waals surface area contributed by atoms with Gasteiger partial charge in [-0.1, -0.05) is 29.8 Å². The van der Waals surface area contributed by atoms with Crippen LogP contribution in [-0.2, 0) is 0 Å². The Kier molecular flexibility index (Phi) is 3.76. The van der Waals surface area contributed by atoms with Crippen LogP contribution >= 0.6 is 0 Å². The molecule has 0 aliphatic rings. The van der Waals surface area contributed by atoms with Gasteiger partial charge in [0.2, 0.25) is 0 Å².